The van der Waals surface area contributed by atoms with Crippen LogP contribution in [0.5, 0.6) is 0 Å². The van der Waals surface area contributed by atoms with Crippen molar-refractivity contribution in [2.75, 3.05) is 5.32 Å². The Bertz CT molecular complexity index is 546. The van der Waals surface area contributed by atoms with Crippen molar-refractivity contribution in [3.8, 4) is 0 Å². The summed E-state index contributed by atoms with van der Waals surface area (Å²) in [5.74, 6) is 0.133. The molecule has 0 aliphatic carbocycles. The molecule has 0 unspecified atom stereocenters. The second kappa shape index (κ2) is 4.80. The predicted molar refractivity (Wildman–Crippen MR) is 65.6 cm³/mol. The van der Waals surface area contributed by atoms with Gasteiger partial charge in [0.25, 0.3) is 0 Å². The van der Waals surface area contributed by atoms with E-state index in [0.717, 1.165) is 0 Å². The molecule has 0 saturated carbocycles. The first kappa shape index (κ1) is 11.3. The molecule has 1 N–H and O–H groups in total. The summed E-state index contributed by atoms with van der Waals surface area (Å²) in [6.45, 7) is 0. The number of pyridine rings is 1. The topological polar surface area (TPSA) is 68.1 Å². The minimum absolute atomic E-state index is 0.0587. The number of para-hydroxylation sites is 1. The van der Waals surface area contributed by atoms with Gasteiger partial charge in [0.05, 0.1) is 4.92 Å². The monoisotopic (exact) mass is 249 g/mol. The number of hydrogen-bond donors (Lipinski definition) is 1. The third-order valence-electron chi connectivity index (χ3n) is 2.09. The van der Waals surface area contributed by atoms with E-state index >= 15 is 0 Å². The first-order chi connectivity index (χ1) is 8.18. The summed E-state index contributed by atoms with van der Waals surface area (Å²) in [7, 11) is 0. The number of nitrogens with zero attached hydrogens (tertiary/aromatic N) is 2. The van der Waals surface area contributed by atoms with Crippen molar-refractivity contribution in [3.63, 3.8) is 0 Å². The Balaban J connectivity index is 2.40. The molecule has 0 fully saturated rings. The van der Waals surface area contributed by atoms with E-state index in [2.05, 4.69) is 10.3 Å². The van der Waals surface area contributed by atoms with Crippen LogP contribution >= 0.6 is 11.6 Å². The molecule has 0 radical (unpaired) electrons. The minimum atomic E-state index is -0.555. The second-order valence-corrected chi connectivity index (χ2v) is 3.65. The number of anilines is 2. The summed E-state index contributed by atoms with van der Waals surface area (Å²) in [6.07, 6.45) is 1.42. The lowest BCUT2D eigenvalue weighted by Gasteiger charge is -2.06. The lowest BCUT2D eigenvalue weighted by Crippen LogP contribution is -1.99. The fourth-order valence-corrected chi connectivity index (χ4v) is 1.57. The van der Waals surface area contributed by atoms with Crippen LogP contribution in [-0.4, -0.2) is 9.91 Å². The highest BCUT2D eigenvalue weighted by atomic mass is 35.5. The lowest BCUT2D eigenvalue weighted by molar-refractivity contribution is -0.384. The van der Waals surface area contributed by atoms with E-state index in [-0.39, 0.29) is 16.5 Å². The molecular formula is C11H8ClN3O2. The number of rotatable bonds is 3. The van der Waals surface area contributed by atoms with Crippen molar-refractivity contribution < 1.29 is 4.92 Å². The van der Waals surface area contributed by atoms with E-state index in [4.69, 9.17) is 11.6 Å². The van der Waals surface area contributed by atoms with Crippen LogP contribution in [0.25, 0.3) is 0 Å². The zero-order chi connectivity index (χ0) is 12.3. The Labute approximate surface area is 102 Å². The summed E-state index contributed by atoms with van der Waals surface area (Å²) < 4.78 is 0. The molecular weight excluding hydrogens is 242 g/mol. The quantitative estimate of drug-likeness (QED) is 0.669. The molecule has 1 heterocycles. The highest BCUT2D eigenvalue weighted by Gasteiger charge is 2.19. The summed E-state index contributed by atoms with van der Waals surface area (Å²) in [4.78, 5) is 14.2. The number of aromatic nitrogens is 1. The van der Waals surface area contributed by atoms with Crippen LogP contribution in [-0.2, 0) is 0 Å². The van der Waals surface area contributed by atoms with E-state index in [0.29, 0.717) is 5.69 Å². The van der Waals surface area contributed by atoms with Crippen LogP contribution in [0.1, 0.15) is 0 Å². The summed E-state index contributed by atoms with van der Waals surface area (Å²) in [5.41, 5.74) is 0.489. The van der Waals surface area contributed by atoms with E-state index < -0.39 is 4.92 Å². The van der Waals surface area contributed by atoms with Gasteiger partial charge in [-0.25, -0.2) is 4.98 Å². The molecule has 1 aromatic carbocycles. The van der Waals surface area contributed by atoms with E-state index in [9.17, 15) is 10.1 Å². The van der Waals surface area contributed by atoms with Crippen molar-refractivity contribution in [1.82, 2.24) is 4.98 Å². The van der Waals surface area contributed by atoms with E-state index in [1.807, 2.05) is 18.2 Å². The van der Waals surface area contributed by atoms with Crippen molar-refractivity contribution >= 4 is 28.8 Å². The Morgan fingerprint density at radius 3 is 2.59 bits per heavy atom. The third kappa shape index (κ3) is 2.51. The molecule has 0 bridgehead atoms. The van der Waals surface area contributed by atoms with E-state index in [1.165, 1.54) is 12.3 Å². The highest BCUT2D eigenvalue weighted by molar-refractivity contribution is 6.33. The van der Waals surface area contributed by atoms with Crippen LogP contribution in [0.15, 0.2) is 42.6 Å². The molecule has 5 nitrogen and oxygen atoms in total. The molecule has 0 spiro atoms. The number of nitrogens with one attached hydrogen (secondary N) is 1. The van der Waals surface area contributed by atoms with Crippen LogP contribution in [0.4, 0.5) is 17.2 Å². The summed E-state index contributed by atoms with van der Waals surface area (Å²) in [6, 6.07) is 10.4. The standard InChI is InChI=1S/C11H8ClN3O2/c12-9-6-7-13-11(10(9)15(16)17)14-8-4-2-1-3-5-8/h1-7H,(H,13,14). The fourth-order valence-electron chi connectivity index (χ4n) is 1.35. The first-order valence-corrected chi connectivity index (χ1v) is 5.17. The molecule has 86 valence electrons. The largest absolute Gasteiger partial charge is 0.334 e. The Kier molecular flexibility index (Phi) is 3.20. The molecule has 0 aliphatic heterocycles. The molecule has 0 saturated heterocycles. The van der Waals surface area contributed by atoms with Gasteiger partial charge in [-0.2, -0.15) is 0 Å². The zero-order valence-electron chi connectivity index (χ0n) is 8.63. The molecule has 17 heavy (non-hydrogen) atoms. The minimum Gasteiger partial charge on any atom is -0.334 e. The second-order valence-electron chi connectivity index (χ2n) is 3.24. The van der Waals surface area contributed by atoms with Crippen LogP contribution in [0.3, 0.4) is 0 Å². The highest BCUT2D eigenvalue weighted by Crippen LogP contribution is 2.31. The normalized spacial score (nSPS) is 9.94. The van der Waals surface area contributed by atoms with Crippen molar-refractivity contribution in [1.29, 1.82) is 0 Å². The Morgan fingerprint density at radius 1 is 1.24 bits per heavy atom. The van der Waals surface area contributed by atoms with Gasteiger partial charge in [0.2, 0.25) is 5.82 Å². The van der Waals surface area contributed by atoms with Crippen molar-refractivity contribution in [2.45, 2.75) is 0 Å². The number of halogens is 1. The van der Waals surface area contributed by atoms with Crippen LogP contribution in [0.2, 0.25) is 5.02 Å². The average molecular weight is 250 g/mol. The molecule has 0 amide bonds. The van der Waals surface area contributed by atoms with Gasteiger partial charge in [-0.15, -0.1) is 0 Å². The fraction of sp³-hybridized carbons (Fsp3) is 0. The molecule has 1 aromatic heterocycles. The lowest BCUT2D eigenvalue weighted by atomic mass is 10.3. The SMILES string of the molecule is O=[N+]([O-])c1c(Cl)ccnc1Nc1ccccc1. The molecule has 0 atom stereocenters. The predicted octanol–water partition coefficient (Wildman–Crippen LogP) is 3.39. The van der Waals surface area contributed by atoms with Gasteiger partial charge < -0.3 is 5.32 Å². The van der Waals surface area contributed by atoms with Gasteiger partial charge in [0.1, 0.15) is 5.02 Å². The number of nitro groups is 1. The summed E-state index contributed by atoms with van der Waals surface area (Å²) >= 11 is 5.77. The van der Waals surface area contributed by atoms with Crippen LogP contribution in [0, 0.1) is 10.1 Å². The maximum Gasteiger partial charge on any atom is 0.330 e. The smallest absolute Gasteiger partial charge is 0.330 e. The molecule has 0 aliphatic rings. The molecule has 2 rings (SSSR count). The maximum atomic E-state index is 10.9. The maximum absolute atomic E-state index is 10.9. The summed E-state index contributed by atoms with van der Waals surface area (Å²) in [5, 5.41) is 13.8. The molecule has 2 aromatic rings. The van der Waals surface area contributed by atoms with Gasteiger partial charge in [-0.05, 0) is 18.2 Å². The van der Waals surface area contributed by atoms with E-state index in [1.54, 1.807) is 12.1 Å². The van der Waals surface area contributed by atoms with Crippen molar-refractivity contribution in [2.24, 2.45) is 0 Å². The van der Waals surface area contributed by atoms with Crippen molar-refractivity contribution in [3.05, 3.63) is 57.7 Å². The van der Waals surface area contributed by atoms with Gasteiger partial charge in [-0.3, -0.25) is 10.1 Å². The number of benzene rings is 1. The Hall–Kier alpha value is -2.14. The van der Waals surface area contributed by atoms with Gasteiger partial charge in [0.15, 0.2) is 0 Å². The third-order valence-corrected chi connectivity index (χ3v) is 2.40. The van der Waals surface area contributed by atoms with Gasteiger partial charge in [0, 0.05) is 11.9 Å². The van der Waals surface area contributed by atoms with Gasteiger partial charge >= 0.3 is 5.69 Å². The average Bonchev–Trinajstić information content (AvgIpc) is 2.30. The number of hydrogen-bond acceptors (Lipinski definition) is 4. The van der Waals surface area contributed by atoms with Crippen LogP contribution < -0.4 is 5.32 Å². The Morgan fingerprint density at radius 2 is 1.94 bits per heavy atom. The zero-order valence-corrected chi connectivity index (χ0v) is 9.39. The van der Waals surface area contributed by atoms with Gasteiger partial charge in [-0.1, -0.05) is 29.8 Å². The first-order valence-electron chi connectivity index (χ1n) is 4.79. The molecule has 6 heteroatoms.